The Morgan fingerprint density at radius 1 is 1.35 bits per heavy atom. The van der Waals surface area contributed by atoms with Gasteiger partial charge in [0.05, 0.1) is 24.0 Å². The van der Waals surface area contributed by atoms with Gasteiger partial charge >= 0.3 is 17.9 Å². The Kier molecular flexibility index (Phi) is 6.64. The third-order valence-corrected chi connectivity index (χ3v) is 6.86. The summed E-state index contributed by atoms with van der Waals surface area (Å²) in [6.07, 6.45) is 0.433. The number of hydrogen-bond donors (Lipinski definition) is 2. The van der Waals surface area contributed by atoms with E-state index in [1.807, 2.05) is 6.92 Å². The van der Waals surface area contributed by atoms with E-state index in [2.05, 4.69) is 6.58 Å². The zero-order valence-corrected chi connectivity index (χ0v) is 18.4. The first-order valence-electron chi connectivity index (χ1n) is 10.1. The van der Waals surface area contributed by atoms with Crippen molar-refractivity contribution >= 4 is 29.5 Å². The maximum Gasteiger partial charge on any atom is 0.334 e. The van der Waals surface area contributed by atoms with Crippen molar-refractivity contribution in [2.75, 3.05) is 12.5 Å². The topological polar surface area (TPSA) is 119 Å². The molecule has 9 heteroatoms. The van der Waals surface area contributed by atoms with Crippen LogP contribution in [0.5, 0.6) is 0 Å². The second kappa shape index (κ2) is 8.76. The van der Waals surface area contributed by atoms with E-state index in [9.17, 15) is 19.5 Å². The Hall–Kier alpha value is -2.16. The molecule has 0 spiro atoms. The van der Waals surface area contributed by atoms with E-state index >= 15 is 0 Å². The summed E-state index contributed by atoms with van der Waals surface area (Å²) in [5.74, 6) is -3.94. The molecule has 2 fully saturated rings. The molecule has 3 aliphatic rings. The van der Waals surface area contributed by atoms with E-state index in [-0.39, 0.29) is 30.1 Å². The molecule has 0 aromatic carbocycles. The number of rotatable bonds is 5. The van der Waals surface area contributed by atoms with Crippen LogP contribution in [0.25, 0.3) is 0 Å². The maximum absolute atomic E-state index is 12.6. The lowest BCUT2D eigenvalue weighted by Gasteiger charge is -2.38. The maximum atomic E-state index is 12.6. The Balaban J connectivity index is 2.06. The molecular formula is C22H27ClO8. The van der Waals surface area contributed by atoms with Crippen molar-refractivity contribution < 1.29 is 38.8 Å². The average molecular weight is 455 g/mol. The lowest BCUT2D eigenvalue weighted by Crippen LogP contribution is -2.50. The number of esters is 3. The predicted octanol–water partition coefficient (Wildman–Crippen LogP) is 1.43. The molecule has 1 saturated heterocycles. The standard InChI is InChI=1S/C22H27ClO8/c1-10(5-6-24)20(26)30-15-8-22(28,9-23)18-14(29-13(4)25)7-11(2)16(18)19-17(15)12(3)21(27)31-19/h5,7,14-19,24,28H,3,6,8-9H2,1-2,4H3. The number of ether oxygens (including phenoxy) is 3. The summed E-state index contributed by atoms with van der Waals surface area (Å²) in [6, 6.07) is 0. The summed E-state index contributed by atoms with van der Waals surface area (Å²) in [6.45, 7) is 8.07. The van der Waals surface area contributed by atoms with Crippen molar-refractivity contribution in [1.82, 2.24) is 0 Å². The van der Waals surface area contributed by atoms with Crippen LogP contribution >= 0.6 is 11.6 Å². The van der Waals surface area contributed by atoms with Gasteiger partial charge in [-0.2, -0.15) is 0 Å². The normalized spacial score (nSPS) is 37.4. The summed E-state index contributed by atoms with van der Waals surface area (Å²) >= 11 is 6.22. The number of hydrogen-bond acceptors (Lipinski definition) is 8. The van der Waals surface area contributed by atoms with Gasteiger partial charge in [0.1, 0.15) is 18.3 Å². The van der Waals surface area contributed by atoms with E-state index in [1.54, 1.807) is 6.08 Å². The third-order valence-electron chi connectivity index (χ3n) is 6.40. The highest BCUT2D eigenvalue weighted by molar-refractivity contribution is 6.18. The lowest BCUT2D eigenvalue weighted by atomic mass is 9.75. The first kappa shape index (κ1) is 23.5. The Labute approximate surface area is 185 Å². The highest BCUT2D eigenvalue weighted by Crippen LogP contribution is 2.54. The molecule has 2 aliphatic carbocycles. The van der Waals surface area contributed by atoms with Crippen molar-refractivity contribution in [1.29, 1.82) is 0 Å². The van der Waals surface area contributed by atoms with Gasteiger partial charge in [0, 0.05) is 36.3 Å². The zero-order valence-electron chi connectivity index (χ0n) is 17.7. The number of carbonyl (C=O) groups excluding carboxylic acids is 3. The van der Waals surface area contributed by atoms with Crippen LogP contribution in [0.3, 0.4) is 0 Å². The minimum Gasteiger partial charge on any atom is -0.458 e. The van der Waals surface area contributed by atoms with Gasteiger partial charge in [-0.3, -0.25) is 4.79 Å². The Bertz CT molecular complexity index is 862. The summed E-state index contributed by atoms with van der Waals surface area (Å²) in [5.41, 5.74) is -0.479. The summed E-state index contributed by atoms with van der Waals surface area (Å²) < 4.78 is 16.8. The third kappa shape index (κ3) is 4.16. The summed E-state index contributed by atoms with van der Waals surface area (Å²) in [4.78, 5) is 36.6. The smallest absolute Gasteiger partial charge is 0.334 e. The van der Waals surface area contributed by atoms with Gasteiger partial charge in [-0.15, -0.1) is 11.6 Å². The second-order valence-electron chi connectivity index (χ2n) is 8.41. The van der Waals surface area contributed by atoms with Crippen molar-refractivity contribution in [3.05, 3.63) is 35.5 Å². The average Bonchev–Trinajstić information content (AvgIpc) is 3.13. The molecule has 1 heterocycles. The summed E-state index contributed by atoms with van der Waals surface area (Å²) in [7, 11) is 0. The SMILES string of the molecule is C=C1C(=O)OC2C1C(OC(=O)C(C)=CCO)CC(O)(CCl)C1C(OC(C)=O)C=C(C)C21. The van der Waals surface area contributed by atoms with E-state index in [4.69, 9.17) is 30.9 Å². The highest BCUT2D eigenvalue weighted by atomic mass is 35.5. The monoisotopic (exact) mass is 454 g/mol. The minimum absolute atomic E-state index is 0.106. The first-order valence-corrected chi connectivity index (χ1v) is 10.6. The molecule has 31 heavy (non-hydrogen) atoms. The van der Waals surface area contributed by atoms with Crippen molar-refractivity contribution in [3.8, 4) is 0 Å². The minimum atomic E-state index is -1.59. The number of carbonyl (C=O) groups is 3. The fourth-order valence-electron chi connectivity index (χ4n) is 5.02. The van der Waals surface area contributed by atoms with Crippen LogP contribution in [0, 0.1) is 17.8 Å². The second-order valence-corrected chi connectivity index (χ2v) is 8.68. The van der Waals surface area contributed by atoms with Gasteiger partial charge in [0.15, 0.2) is 0 Å². The van der Waals surface area contributed by atoms with E-state index in [1.165, 1.54) is 19.9 Å². The Morgan fingerprint density at radius 3 is 2.61 bits per heavy atom. The molecule has 0 radical (unpaired) electrons. The highest BCUT2D eigenvalue weighted by Gasteiger charge is 2.62. The fourth-order valence-corrected chi connectivity index (χ4v) is 5.31. The number of aliphatic hydroxyl groups is 2. The van der Waals surface area contributed by atoms with Gasteiger partial charge in [0.25, 0.3) is 0 Å². The fraction of sp³-hybridized carbons (Fsp3) is 0.591. The number of alkyl halides is 1. The van der Waals surface area contributed by atoms with Gasteiger partial charge < -0.3 is 24.4 Å². The quantitative estimate of drug-likeness (QED) is 0.210. The molecule has 8 nitrogen and oxygen atoms in total. The molecule has 3 rings (SSSR count). The Morgan fingerprint density at radius 2 is 2.03 bits per heavy atom. The molecule has 7 unspecified atom stereocenters. The number of halogens is 1. The van der Waals surface area contributed by atoms with E-state index in [0.29, 0.717) is 0 Å². The number of aliphatic hydroxyl groups excluding tert-OH is 1. The molecule has 0 aromatic rings. The van der Waals surface area contributed by atoms with Crippen LogP contribution in [0.4, 0.5) is 0 Å². The van der Waals surface area contributed by atoms with Gasteiger partial charge in [-0.05, 0) is 26.0 Å². The van der Waals surface area contributed by atoms with Crippen molar-refractivity contribution in [2.24, 2.45) is 17.8 Å². The van der Waals surface area contributed by atoms with Crippen LogP contribution in [0.1, 0.15) is 27.2 Å². The van der Waals surface area contributed by atoms with Gasteiger partial charge in [-0.1, -0.05) is 12.2 Å². The van der Waals surface area contributed by atoms with Crippen LogP contribution in [0.2, 0.25) is 0 Å². The lowest BCUT2D eigenvalue weighted by molar-refractivity contribution is -0.157. The van der Waals surface area contributed by atoms with Gasteiger partial charge in [0.2, 0.25) is 0 Å². The van der Waals surface area contributed by atoms with Crippen LogP contribution < -0.4 is 0 Å². The van der Waals surface area contributed by atoms with E-state index < -0.39 is 59.6 Å². The molecule has 0 amide bonds. The number of fused-ring (bicyclic) bond motifs is 3. The van der Waals surface area contributed by atoms with Crippen LogP contribution in [-0.2, 0) is 28.6 Å². The molecule has 1 saturated carbocycles. The molecule has 1 aliphatic heterocycles. The molecule has 0 bridgehead atoms. The van der Waals surface area contributed by atoms with Crippen molar-refractivity contribution in [2.45, 2.75) is 51.1 Å². The molecule has 0 aromatic heterocycles. The zero-order chi connectivity index (χ0) is 23.1. The summed E-state index contributed by atoms with van der Waals surface area (Å²) in [5, 5.41) is 20.6. The van der Waals surface area contributed by atoms with Crippen molar-refractivity contribution in [3.63, 3.8) is 0 Å². The van der Waals surface area contributed by atoms with Gasteiger partial charge in [-0.25, -0.2) is 9.59 Å². The van der Waals surface area contributed by atoms with Crippen LogP contribution in [-0.4, -0.2) is 64.5 Å². The molecule has 2 N–H and O–H groups in total. The van der Waals surface area contributed by atoms with Crippen LogP contribution in [0.15, 0.2) is 35.5 Å². The largest absolute Gasteiger partial charge is 0.458 e. The predicted molar refractivity (Wildman–Crippen MR) is 110 cm³/mol. The molecular weight excluding hydrogens is 428 g/mol. The van der Waals surface area contributed by atoms with E-state index in [0.717, 1.165) is 5.57 Å². The first-order chi connectivity index (χ1) is 14.5. The molecule has 170 valence electrons. The molecule has 7 atom stereocenters.